The lowest BCUT2D eigenvalue weighted by molar-refractivity contribution is -0.137. The number of amides is 1. The number of primary amides is 1. The number of aryl methyl sites for hydroxylation is 2. The lowest BCUT2D eigenvalue weighted by atomic mass is 10.2. The van der Waals surface area contributed by atoms with E-state index in [0.29, 0.717) is 11.8 Å². The van der Waals surface area contributed by atoms with E-state index in [-0.39, 0.29) is 39.6 Å². The van der Waals surface area contributed by atoms with Crippen molar-refractivity contribution < 1.29 is 26.4 Å². The summed E-state index contributed by atoms with van der Waals surface area (Å²) < 4.78 is 67.3. The van der Waals surface area contributed by atoms with Gasteiger partial charge in [-0.15, -0.1) is 0 Å². The SMILES string of the molecule is CCS(=O)(=O)c1nn2c(C(N)=O)c(C)cnc2c1-c1nc2cc(C(F)(F)F)cnc2n1C. The third-order valence-electron chi connectivity index (χ3n) is 4.96. The molecule has 4 aromatic heterocycles. The molecule has 0 spiro atoms. The van der Waals surface area contributed by atoms with Crippen LogP contribution in [-0.4, -0.2) is 49.2 Å². The summed E-state index contributed by atoms with van der Waals surface area (Å²) in [7, 11) is -2.49. The van der Waals surface area contributed by atoms with Crippen molar-refractivity contribution in [1.82, 2.24) is 29.1 Å². The number of carbonyl (C=O) groups is 1. The van der Waals surface area contributed by atoms with E-state index in [1.165, 1.54) is 24.7 Å². The predicted molar refractivity (Wildman–Crippen MR) is 106 cm³/mol. The second-order valence-electron chi connectivity index (χ2n) is 7.03. The van der Waals surface area contributed by atoms with Gasteiger partial charge in [0.15, 0.2) is 26.2 Å². The van der Waals surface area contributed by atoms with Crippen molar-refractivity contribution in [1.29, 1.82) is 0 Å². The van der Waals surface area contributed by atoms with Crippen molar-refractivity contribution in [3.05, 3.63) is 35.3 Å². The Morgan fingerprint density at radius 1 is 1.19 bits per heavy atom. The number of pyridine rings is 1. The minimum absolute atomic E-state index is 0.0272. The van der Waals surface area contributed by atoms with Gasteiger partial charge in [-0.2, -0.15) is 18.3 Å². The Hall–Kier alpha value is -3.55. The predicted octanol–water partition coefficient (Wildman–Crippen LogP) is 1.90. The molecule has 10 nitrogen and oxygen atoms in total. The first-order valence-electron chi connectivity index (χ1n) is 9.17. The van der Waals surface area contributed by atoms with Gasteiger partial charge in [0.25, 0.3) is 5.91 Å². The molecule has 168 valence electrons. The third kappa shape index (κ3) is 3.18. The summed E-state index contributed by atoms with van der Waals surface area (Å²) in [5, 5.41) is 3.67. The normalized spacial score (nSPS) is 12.7. The molecule has 0 saturated heterocycles. The molecule has 4 aromatic rings. The molecule has 0 atom stereocenters. The van der Waals surface area contributed by atoms with Gasteiger partial charge in [-0.25, -0.2) is 27.9 Å². The first kappa shape index (κ1) is 21.7. The van der Waals surface area contributed by atoms with Crippen molar-refractivity contribution in [3.63, 3.8) is 0 Å². The molecule has 14 heteroatoms. The zero-order valence-electron chi connectivity index (χ0n) is 17.0. The lowest BCUT2D eigenvalue weighted by Gasteiger charge is -2.06. The number of nitrogens with zero attached hydrogens (tertiary/aromatic N) is 6. The molecule has 4 rings (SSSR count). The number of sulfone groups is 1. The van der Waals surface area contributed by atoms with Crippen LogP contribution in [0.4, 0.5) is 13.2 Å². The summed E-state index contributed by atoms with van der Waals surface area (Å²) in [5.41, 5.74) is 4.63. The minimum atomic E-state index is -4.63. The fourth-order valence-electron chi connectivity index (χ4n) is 3.35. The maximum Gasteiger partial charge on any atom is 0.417 e. The number of fused-ring (bicyclic) bond motifs is 2. The number of rotatable bonds is 4. The minimum Gasteiger partial charge on any atom is -0.364 e. The molecule has 2 N–H and O–H groups in total. The molecule has 0 unspecified atom stereocenters. The van der Waals surface area contributed by atoms with Crippen LogP contribution in [0.2, 0.25) is 0 Å². The van der Waals surface area contributed by atoms with Crippen molar-refractivity contribution in [2.24, 2.45) is 12.8 Å². The van der Waals surface area contributed by atoms with Crippen molar-refractivity contribution in [3.8, 4) is 11.4 Å². The Balaban J connectivity index is 2.13. The van der Waals surface area contributed by atoms with Crippen LogP contribution in [0.1, 0.15) is 28.5 Å². The van der Waals surface area contributed by atoms with E-state index < -0.39 is 32.5 Å². The number of carbonyl (C=O) groups excluding carboxylic acids is 1. The lowest BCUT2D eigenvalue weighted by Crippen LogP contribution is -2.18. The number of hydrogen-bond donors (Lipinski definition) is 1. The smallest absolute Gasteiger partial charge is 0.364 e. The van der Waals surface area contributed by atoms with Crippen LogP contribution in [-0.2, 0) is 23.1 Å². The summed E-state index contributed by atoms with van der Waals surface area (Å²) in [6.07, 6.45) is -2.64. The number of hydrogen-bond acceptors (Lipinski definition) is 7. The molecule has 0 fully saturated rings. The van der Waals surface area contributed by atoms with E-state index in [4.69, 9.17) is 5.73 Å². The molecule has 0 bridgehead atoms. The Labute approximate surface area is 178 Å². The summed E-state index contributed by atoms with van der Waals surface area (Å²) in [5.74, 6) is -1.21. The summed E-state index contributed by atoms with van der Waals surface area (Å²) in [6, 6.07) is 0.817. The molecule has 1 amide bonds. The summed E-state index contributed by atoms with van der Waals surface area (Å²) >= 11 is 0. The van der Waals surface area contributed by atoms with Crippen LogP contribution < -0.4 is 5.73 Å². The van der Waals surface area contributed by atoms with Crippen molar-refractivity contribution in [2.75, 3.05) is 5.75 Å². The van der Waals surface area contributed by atoms with Crippen LogP contribution in [0, 0.1) is 6.92 Å². The van der Waals surface area contributed by atoms with Gasteiger partial charge >= 0.3 is 6.18 Å². The van der Waals surface area contributed by atoms with E-state index in [1.54, 1.807) is 6.92 Å². The van der Waals surface area contributed by atoms with Gasteiger partial charge in [-0.1, -0.05) is 6.92 Å². The third-order valence-corrected chi connectivity index (χ3v) is 6.60. The van der Waals surface area contributed by atoms with Crippen LogP contribution >= 0.6 is 0 Å². The average molecular weight is 467 g/mol. The molecular formula is C18H16F3N7O3S. The summed E-state index contributed by atoms with van der Waals surface area (Å²) in [6.45, 7) is 2.96. The largest absolute Gasteiger partial charge is 0.417 e. The first-order chi connectivity index (χ1) is 14.9. The molecule has 32 heavy (non-hydrogen) atoms. The standard InChI is InChI=1S/C18H16F3N7O3S/c1-4-32(30,31)17-11(15-23-6-8(2)12(13(22)29)28(15)26-17)16-25-10-5-9(18(19,20)21)7-24-14(10)27(16)3/h5-7H,4H2,1-3H3,(H2,22,29). The van der Waals surface area contributed by atoms with E-state index >= 15 is 0 Å². The maximum absolute atomic E-state index is 13.1. The quantitative estimate of drug-likeness (QED) is 0.484. The topological polar surface area (TPSA) is 138 Å². The Morgan fingerprint density at radius 2 is 1.84 bits per heavy atom. The average Bonchev–Trinajstić information content (AvgIpc) is 3.24. The zero-order valence-corrected chi connectivity index (χ0v) is 17.8. The van der Waals surface area contributed by atoms with Gasteiger partial charge in [0.05, 0.1) is 11.3 Å². The Bertz CT molecular complexity index is 1520. The van der Waals surface area contributed by atoms with Gasteiger partial charge in [0.2, 0.25) is 0 Å². The van der Waals surface area contributed by atoms with E-state index in [0.717, 1.165) is 10.6 Å². The van der Waals surface area contributed by atoms with Gasteiger partial charge in [-0.05, 0) is 18.6 Å². The molecule has 0 aliphatic rings. The van der Waals surface area contributed by atoms with Gasteiger partial charge < -0.3 is 10.3 Å². The number of aromatic nitrogens is 6. The van der Waals surface area contributed by atoms with Gasteiger partial charge in [0, 0.05) is 19.4 Å². The van der Waals surface area contributed by atoms with Crippen molar-refractivity contribution >= 4 is 32.6 Å². The molecule has 4 heterocycles. The van der Waals surface area contributed by atoms with Crippen LogP contribution in [0.25, 0.3) is 28.2 Å². The fraction of sp³-hybridized carbons (Fsp3) is 0.278. The number of halogens is 3. The highest BCUT2D eigenvalue weighted by molar-refractivity contribution is 7.91. The number of imidazole rings is 1. The maximum atomic E-state index is 13.1. The number of alkyl halides is 3. The van der Waals surface area contributed by atoms with E-state index in [9.17, 15) is 26.4 Å². The second kappa shape index (κ2) is 6.98. The molecule has 0 aliphatic heterocycles. The Morgan fingerprint density at radius 3 is 2.44 bits per heavy atom. The molecule has 0 radical (unpaired) electrons. The van der Waals surface area contributed by atoms with E-state index in [2.05, 4.69) is 20.1 Å². The summed E-state index contributed by atoms with van der Waals surface area (Å²) in [4.78, 5) is 24.3. The van der Waals surface area contributed by atoms with Gasteiger partial charge in [-0.3, -0.25) is 4.79 Å². The monoisotopic (exact) mass is 467 g/mol. The van der Waals surface area contributed by atoms with Crippen LogP contribution in [0.15, 0.2) is 23.5 Å². The van der Waals surface area contributed by atoms with Crippen LogP contribution in [0.5, 0.6) is 0 Å². The molecule has 0 aliphatic carbocycles. The first-order valence-corrected chi connectivity index (χ1v) is 10.8. The molecule has 0 saturated carbocycles. The second-order valence-corrected chi connectivity index (χ2v) is 9.23. The van der Waals surface area contributed by atoms with Gasteiger partial charge in [0.1, 0.15) is 22.6 Å². The highest BCUT2D eigenvalue weighted by Gasteiger charge is 2.33. The van der Waals surface area contributed by atoms with Crippen molar-refractivity contribution in [2.45, 2.75) is 25.0 Å². The number of nitrogens with two attached hydrogens (primary N) is 1. The molecular weight excluding hydrogens is 451 g/mol. The highest BCUT2D eigenvalue weighted by Crippen LogP contribution is 2.35. The highest BCUT2D eigenvalue weighted by atomic mass is 32.2. The van der Waals surface area contributed by atoms with Crippen LogP contribution in [0.3, 0.4) is 0 Å². The van der Waals surface area contributed by atoms with E-state index in [1.807, 2.05) is 0 Å². The zero-order chi connectivity index (χ0) is 23.6. The Kier molecular flexibility index (Phi) is 4.73. The fourth-order valence-corrected chi connectivity index (χ4v) is 4.33. The molecule has 0 aromatic carbocycles.